The highest BCUT2D eigenvalue weighted by Gasteiger charge is 2.41. The van der Waals surface area contributed by atoms with Crippen LogP contribution in [0.2, 0.25) is 0 Å². The molecule has 0 aliphatic heterocycles. The van der Waals surface area contributed by atoms with Gasteiger partial charge in [-0.05, 0) is 0 Å². The third kappa shape index (κ3) is 1.06. The van der Waals surface area contributed by atoms with Crippen molar-refractivity contribution < 1.29 is 30.3 Å². The second kappa shape index (κ2) is 2.74. The van der Waals surface area contributed by atoms with E-state index in [1.54, 1.807) is 0 Å². The molecule has 3 atom stereocenters. The van der Waals surface area contributed by atoms with E-state index in [4.69, 9.17) is 25.5 Å². The van der Waals surface area contributed by atoms with Crippen LogP contribution < -0.4 is 0 Å². The van der Waals surface area contributed by atoms with Crippen molar-refractivity contribution in [1.29, 1.82) is 0 Å². The van der Waals surface area contributed by atoms with Crippen LogP contribution in [0.4, 0.5) is 0 Å². The van der Waals surface area contributed by atoms with Crippen molar-refractivity contribution in [3.8, 4) is 0 Å². The van der Waals surface area contributed by atoms with Crippen LogP contribution in [0.15, 0.2) is 11.5 Å². The maximum Gasteiger partial charge on any atom is 0.231 e. The zero-order valence-electron chi connectivity index (χ0n) is 5.88. The molecular formula is C6H8O6. The molecular weight excluding hydrogens is 168 g/mol. The van der Waals surface area contributed by atoms with Gasteiger partial charge < -0.3 is 25.5 Å². The minimum Gasteiger partial charge on any atom is -0.506 e. The SMILES string of the molecule is O=C1C(O)=C(O)[C@@H](O)[C@H](O)[C@H]1O. The van der Waals surface area contributed by atoms with E-state index in [1.165, 1.54) is 0 Å². The minimum absolute atomic E-state index is 1.02. The van der Waals surface area contributed by atoms with Crippen molar-refractivity contribution in [3.63, 3.8) is 0 Å². The first-order valence-electron chi connectivity index (χ1n) is 3.17. The first-order chi connectivity index (χ1) is 5.46. The molecule has 1 rings (SSSR count). The van der Waals surface area contributed by atoms with Crippen molar-refractivity contribution in [3.05, 3.63) is 11.5 Å². The second-order valence-electron chi connectivity index (χ2n) is 2.48. The summed E-state index contributed by atoms with van der Waals surface area (Å²) in [7, 11) is 0. The molecule has 0 saturated carbocycles. The number of hydrogen-bond donors (Lipinski definition) is 5. The molecule has 0 spiro atoms. The number of hydrogen-bond acceptors (Lipinski definition) is 6. The fraction of sp³-hybridized carbons (Fsp3) is 0.500. The third-order valence-corrected chi connectivity index (χ3v) is 1.67. The number of rotatable bonds is 0. The van der Waals surface area contributed by atoms with Gasteiger partial charge in [0.15, 0.2) is 5.76 Å². The summed E-state index contributed by atoms with van der Waals surface area (Å²) in [6.45, 7) is 0. The summed E-state index contributed by atoms with van der Waals surface area (Å²) in [6.07, 6.45) is -5.51. The van der Waals surface area contributed by atoms with Gasteiger partial charge >= 0.3 is 0 Å². The van der Waals surface area contributed by atoms with E-state index < -0.39 is 35.6 Å². The van der Waals surface area contributed by atoms with Gasteiger partial charge in [0.25, 0.3) is 0 Å². The molecule has 0 aromatic rings. The Kier molecular flexibility index (Phi) is 2.05. The van der Waals surface area contributed by atoms with Gasteiger partial charge in [-0.15, -0.1) is 0 Å². The highest BCUT2D eigenvalue weighted by atomic mass is 16.4. The Morgan fingerprint density at radius 3 is 2.00 bits per heavy atom. The second-order valence-corrected chi connectivity index (χ2v) is 2.48. The summed E-state index contributed by atoms with van der Waals surface area (Å²) in [5, 5.41) is 44.1. The minimum atomic E-state index is -1.89. The quantitative estimate of drug-likeness (QED) is 0.291. The van der Waals surface area contributed by atoms with E-state index in [1.807, 2.05) is 0 Å². The van der Waals surface area contributed by atoms with Crippen molar-refractivity contribution in [1.82, 2.24) is 0 Å². The summed E-state index contributed by atoms with van der Waals surface area (Å²) in [6, 6.07) is 0. The monoisotopic (exact) mass is 176 g/mol. The molecule has 6 heteroatoms. The van der Waals surface area contributed by atoms with E-state index in [0.717, 1.165) is 0 Å². The summed E-state index contributed by atoms with van der Waals surface area (Å²) in [5.41, 5.74) is 0. The lowest BCUT2D eigenvalue weighted by Crippen LogP contribution is -2.48. The highest BCUT2D eigenvalue weighted by molar-refractivity contribution is 5.98. The molecule has 0 fully saturated rings. The van der Waals surface area contributed by atoms with Gasteiger partial charge in [0.1, 0.15) is 18.3 Å². The van der Waals surface area contributed by atoms with Crippen LogP contribution >= 0.6 is 0 Å². The summed E-state index contributed by atoms with van der Waals surface area (Å²) in [5.74, 6) is -3.33. The predicted molar refractivity (Wildman–Crippen MR) is 35.3 cm³/mol. The number of Topliss-reactive ketones (excluding diaryl/α,β-unsaturated/α-hetero) is 1. The lowest BCUT2D eigenvalue weighted by Gasteiger charge is -2.26. The van der Waals surface area contributed by atoms with Crippen LogP contribution in [0.5, 0.6) is 0 Å². The first-order valence-corrected chi connectivity index (χ1v) is 3.17. The molecule has 0 bridgehead atoms. The Hall–Kier alpha value is -1.11. The Balaban J connectivity index is 3.08. The van der Waals surface area contributed by atoms with Crippen LogP contribution in [0.25, 0.3) is 0 Å². The van der Waals surface area contributed by atoms with Crippen molar-refractivity contribution in [2.24, 2.45) is 0 Å². The Morgan fingerprint density at radius 1 is 1.00 bits per heavy atom. The van der Waals surface area contributed by atoms with Gasteiger partial charge in [0.2, 0.25) is 11.5 Å². The molecule has 0 amide bonds. The molecule has 0 aromatic carbocycles. The molecule has 0 aromatic heterocycles. The van der Waals surface area contributed by atoms with E-state index in [-0.39, 0.29) is 0 Å². The standard InChI is InChI=1S/C6H8O6/c7-1-2(8)4(10)6(12)5(11)3(1)9/h1-3,7-10,12H/t1-,2-,3+/m0/s1. The molecule has 12 heavy (non-hydrogen) atoms. The van der Waals surface area contributed by atoms with Gasteiger partial charge in [-0.1, -0.05) is 0 Å². The maximum absolute atomic E-state index is 10.7. The van der Waals surface area contributed by atoms with Crippen LogP contribution in [0.1, 0.15) is 0 Å². The number of carbonyl (C=O) groups excluding carboxylic acids is 1. The molecule has 0 unspecified atom stereocenters. The zero-order valence-corrected chi connectivity index (χ0v) is 5.88. The first kappa shape index (κ1) is 8.98. The maximum atomic E-state index is 10.7. The molecule has 6 nitrogen and oxygen atoms in total. The van der Waals surface area contributed by atoms with Gasteiger partial charge in [0.05, 0.1) is 0 Å². The van der Waals surface area contributed by atoms with E-state index in [9.17, 15) is 4.79 Å². The number of carbonyl (C=O) groups is 1. The van der Waals surface area contributed by atoms with Crippen LogP contribution in [-0.4, -0.2) is 49.6 Å². The van der Waals surface area contributed by atoms with Crippen LogP contribution in [0, 0.1) is 0 Å². The smallest absolute Gasteiger partial charge is 0.231 e. The van der Waals surface area contributed by atoms with Crippen LogP contribution in [-0.2, 0) is 4.79 Å². The third-order valence-electron chi connectivity index (χ3n) is 1.67. The van der Waals surface area contributed by atoms with E-state index in [2.05, 4.69) is 0 Å². The van der Waals surface area contributed by atoms with E-state index in [0.29, 0.717) is 0 Å². The Labute approximate surface area is 67.0 Å². The molecule has 0 saturated heterocycles. The number of aliphatic hydroxyl groups excluding tert-OH is 5. The summed E-state index contributed by atoms with van der Waals surface area (Å²) in [4.78, 5) is 10.7. The van der Waals surface area contributed by atoms with Crippen LogP contribution in [0.3, 0.4) is 0 Å². The average molecular weight is 176 g/mol. The summed E-state index contributed by atoms with van der Waals surface area (Å²) >= 11 is 0. The molecule has 68 valence electrons. The van der Waals surface area contributed by atoms with Gasteiger partial charge in [0, 0.05) is 0 Å². The summed E-state index contributed by atoms with van der Waals surface area (Å²) < 4.78 is 0. The molecule has 0 heterocycles. The largest absolute Gasteiger partial charge is 0.506 e. The molecule has 1 aliphatic carbocycles. The lowest BCUT2D eigenvalue weighted by atomic mass is 9.94. The van der Waals surface area contributed by atoms with Crippen molar-refractivity contribution >= 4 is 5.78 Å². The number of aliphatic hydroxyl groups is 5. The Bertz CT molecular complexity index is 244. The van der Waals surface area contributed by atoms with Gasteiger partial charge in [-0.3, -0.25) is 4.79 Å². The van der Waals surface area contributed by atoms with Gasteiger partial charge in [-0.25, -0.2) is 0 Å². The fourth-order valence-corrected chi connectivity index (χ4v) is 0.896. The average Bonchev–Trinajstić information content (AvgIpc) is 2.08. The fourth-order valence-electron chi connectivity index (χ4n) is 0.896. The lowest BCUT2D eigenvalue weighted by molar-refractivity contribution is -0.141. The molecule has 5 N–H and O–H groups in total. The topological polar surface area (TPSA) is 118 Å². The normalized spacial score (nSPS) is 37.2. The molecule has 0 radical (unpaired) electrons. The zero-order chi connectivity index (χ0) is 9.46. The van der Waals surface area contributed by atoms with Gasteiger partial charge in [-0.2, -0.15) is 0 Å². The number of ketones is 1. The van der Waals surface area contributed by atoms with E-state index >= 15 is 0 Å². The predicted octanol–water partition coefficient (Wildman–Crippen LogP) is -2.02. The van der Waals surface area contributed by atoms with Crippen molar-refractivity contribution in [2.75, 3.05) is 0 Å². The Morgan fingerprint density at radius 2 is 1.50 bits per heavy atom. The highest BCUT2D eigenvalue weighted by Crippen LogP contribution is 2.19. The van der Waals surface area contributed by atoms with Crippen molar-refractivity contribution in [2.45, 2.75) is 18.3 Å². The molecule has 1 aliphatic rings.